The molecule has 35 heavy (non-hydrogen) atoms. The van der Waals surface area contributed by atoms with Gasteiger partial charge in [0.05, 0.1) is 17.0 Å². The van der Waals surface area contributed by atoms with Gasteiger partial charge in [0.1, 0.15) is 6.34 Å². The Kier molecular flexibility index (Phi) is 5.61. The average Bonchev–Trinajstić information content (AvgIpc) is 3.34. The highest BCUT2D eigenvalue weighted by Gasteiger charge is 2.42. The smallest absolute Gasteiger partial charge is 0.111 e. The number of thiophene rings is 1. The number of fused-ring (bicyclic) bond motifs is 6. The lowest BCUT2D eigenvalue weighted by Crippen LogP contribution is -2.30. The largest absolute Gasteiger partial charge is 0.264 e. The van der Waals surface area contributed by atoms with Crippen molar-refractivity contribution in [3.05, 3.63) is 69.1 Å². The molecule has 3 aliphatic rings. The molecule has 0 N–H and O–H groups in total. The molecule has 3 unspecified atom stereocenters. The Hall–Kier alpha value is -2.17. The summed E-state index contributed by atoms with van der Waals surface area (Å²) in [5, 5.41) is 1.72. The highest BCUT2D eigenvalue weighted by molar-refractivity contribution is 8.01. The van der Waals surface area contributed by atoms with Gasteiger partial charge >= 0.3 is 0 Å². The minimum atomic E-state index is 0.158. The highest BCUT2D eigenvalue weighted by Crippen LogP contribution is 2.54. The van der Waals surface area contributed by atoms with Gasteiger partial charge < -0.3 is 0 Å². The molecule has 2 nitrogen and oxygen atoms in total. The van der Waals surface area contributed by atoms with E-state index in [-0.39, 0.29) is 16.7 Å². The third kappa shape index (κ3) is 3.84. The van der Waals surface area contributed by atoms with E-state index in [1.165, 1.54) is 53.4 Å². The van der Waals surface area contributed by atoms with Crippen LogP contribution >= 0.6 is 23.1 Å². The molecule has 0 saturated carbocycles. The van der Waals surface area contributed by atoms with Crippen molar-refractivity contribution >= 4 is 51.3 Å². The number of nitrogens with zero attached hydrogens (tertiary/aromatic N) is 2. The minimum absolute atomic E-state index is 0.158. The molecule has 1 aliphatic carbocycles. The van der Waals surface area contributed by atoms with E-state index in [1.807, 2.05) is 29.4 Å². The van der Waals surface area contributed by atoms with Crippen molar-refractivity contribution in [1.82, 2.24) is 0 Å². The Bertz CT molecular complexity index is 1410. The van der Waals surface area contributed by atoms with Crippen molar-refractivity contribution in [2.45, 2.75) is 76.5 Å². The molecule has 2 aliphatic heterocycles. The molecule has 1 aromatic heterocycles. The Labute approximate surface area is 217 Å². The van der Waals surface area contributed by atoms with Crippen LogP contribution in [0.2, 0.25) is 0 Å². The van der Waals surface area contributed by atoms with Crippen molar-refractivity contribution in [3.63, 3.8) is 0 Å². The first kappa shape index (κ1) is 23.2. The van der Waals surface area contributed by atoms with Crippen LogP contribution in [0, 0.1) is 18.3 Å². The molecule has 6 rings (SSSR count). The lowest BCUT2D eigenvalue weighted by atomic mass is 9.68. The van der Waals surface area contributed by atoms with Gasteiger partial charge in [0.15, 0.2) is 0 Å². The van der Waals surface area contributed by atoms with Gasteiger partial charge in [0.2, 0.25) is 0 Å². The molecular formula is C31H34N2S2. The molecular weight excluding hydrogens is 464 g/mol. The van der Waals surface area contributed by atoms with Crippen LogP contribution in [-0.2, 0) is 6.42 Å². The van der Waals surface area contributed by atoms with Gasteiger partial charge in [-0.25, -0.2) is 4.99 Å². The third-order valence-electron chi connectivity index (χ3n) is 7.81. The number of benzene rings is 2. The number of aryl methyl sites for hydroxylation is 1. The van der Waals surface area contributed by atoms with Crippen LogP contribution in [0.15, 0.2) is 56.9 Å². The molecule has 3 heterocycles. The summed E-state index contributed by atoms with van der Waals surface area (Å²) in [6, 6.07) is 13.8. The number of thioether (sulfide) groups is 1. The second-order valence-corrected chi connectivity index (χ2v) is 14.1. The van der Waals surface area contributed by atoms with E-state index in [4.69, 9.17) is 9.98 Å². The second-order valence-electron chi connectivity index (χ2n) is 11.8. The molecule has 0 spiro atoms. The number of hydrogen-bond donors (Lipinski definition) is 0. The topological polar surface area (TPSA) is 24.7 Å². The molecule has 3 aromatic rings. The van der Waals surface area contributed by atoms with Crippen LogP contribution < -0.4 is 0 Å². The van der Waals surface area contributed by atoms with E-state index in [1.54, 1.807) is 0 Å². The maximum Gasteiger partial charge on any atom is 0.111 e. The van der Waals surface area contributed by atoms with Crippen LogP contribution in [0.3, 0.4) is 0 Å². The first-order chi connectivity index (χ1) is 16.7. The molecule has 0 amide bonds. The zero-order valence-corrected chi connectivity index (χ0v) is 23.2. The van der Waals surface area contributed by atoms with Crippen LogP contribution in [0.1, 0.15) is 80.1 Å². The Morgan fingerprint density at radius 3 is 2.63 bits per heavy atom. The van der Waals surface area contributed by atoms with Gasteiger partial charge in [-0.1, -0.05) is 65.0 Å². The minimum Gasteiger partial charge on any atom is -0.264 e. The molecule has 4 heteroatoms. The number of hydrogen-bond acceptors (Lipinski definition) is 4. The lowest BCUT2D eigenvalue weighted by molar-refractivity contribution is 0.317. The molecule has 180 valence electrons. The normalized spacial score (nSPS) is 23.2. The predicted molar refractivity (Wildman–Crippen MR) is 155 cm³/mol. The summed E-state index contributed by atoms with van der Waals surface area (Å²) in [6.07, 6.45) is 6.43. The van der Waals surface area contributed by atoms with E-state index < -0.39 is 0 Å². The SMILES string of the molecule is Cc1c(CC(C)C)sc2ccc3c(c12)SC1C(C2=Cc4ccccc4C(C(C)(C)C)C2)=NC=NC31. The van der Waals surface area contributed by atoms with Crippen molar-refractivity contribution in [3.8, 4) is 0 Å². The highest BCUT2D eigenvalue weighted by atomic mass is 32.2. The average molecular weight is 499 g/mol. The van der Waals surface area contributed by atoms with Gasteiger partial charge in [-0.3, -0.25) is 4.99 Å². The van der Waals surface area contributed by atoms with Crippen LogP contribution in [0.4, 0.5) is 0 Å². The van der Waals surface area contributed by atoms with Crippen LogP contribution in [-0.4, -0.2) is 17.3 Å². The standard InChI is InChI=1S/C31H34N2S2/c1-17(2)13-25-18(3)26-24(34-25)12-11-22-28-30(35-29(22)26)27(32-16-33-28)20-14-19-9-7-8-10-21(19)23(15-20)31(4,5)6/h7-12,14,16-17,23,28,30H,13,15H2,1-6H3. The second kappa shape index (κ2) is 8.45. The molecule has 0 saturated heterocycles. The van der Waals surface area contributed by atoms with Crippen molar-refractivity contribution in [2.24, 2.45) is 21.3 Å². The molecule has 0 fully saturated rings. The quantitative estimate of drug-likeness (QED) is 0.353. The summed E-state index contributed by atoms with van der Waals surface area (Å²) in [5.74, 6) is 1.15. The fourth-order valence-corrected chi connectivity index (χ4v) is 9.13. The summed E-state index contributed by atoms with van der Waals surface area (Å²) < 4.78 is 1.42. The maximum atomic E-state index is 4.95. The lowest BCUT2D eigenvalue weighted by Gasteiger charge is -2.37. The monoisotopic (exact) mass is 498 g/mol. The number of allylic oxidation sites excluding steroid dienone is 1. The fourth-order valence-electron chi connectivity index (χ4n) is 6.01. The van der Waals surface area contributed by atoms with E-state index in [0.717, 1.165) is 12.8 Å². The van der Waals surface area contributed by atoms with Gasteiger partial charge in [-0.05, 0) is 77.0 Å². The summed E-state index contributed by atoms with van der Waals surface area (Å²) in [5.41, 5.74) is 8.50. The zero-order valence-electron chi connectivity index (χ0n) is 21.6. The fraction of sp³-hybridized carbons (Fsp3) is 0.419. The summed E-state index contributed by atoms with van der Waals surface area (Å²) >= 11 is 3.99. The van der Waals surface area contributed by atoms with Gasteiger partial charge in [-0.2, -0.15) is 0 Å². The van der Waals surface area contributed by atoms with Crippen molar-refractivity contribution in [2.75, 3.05) is 0 Å². The van der Waals surface area contributed by atoms with E-state index in [0.29, 0.717) is 11.8 Å². The summed E-state index contributed by atoms with van der Waals surface area (Å²) in [7, 11) is 0. The predicted octanol–water partition coefficient (Wildman–Crippen LogP) is 9.02. The molecule has 0 radical (unpaired) electrons. The van der Waals surface area contributed by atoms with E-state index in [2.05, 4.69) is 84.0 Å². The van der Waals surface area contributed by atoms with E-state index in [9.17, 15) is 0 Å². The Balaban J connectivity index is 1.41. The summed E-state index contributed by atoms with van der Waals surface area (Å²) in [4.78, 5) is 12.9. The van der Waals surface area contributed by atoms with Gasteiger partial charge in [0.25, 0.3) is 0 Å². The number of rotatable bonds is 3. The zero-order chi connectivity index (χ0) is 24.5. The third-order valence-corrected chi connectivity index (χ3v) is 10.5. The first-order valence-corrected chi connectivity index (χ1v) is 14.5. The Morgan fingerprint density at radius 2 is 1.86 bits per heavy atom. The van der Waals surface area contributed by atoms with E-state index >= 15 is 0 Å². The van der Waals surface area contributed by atoms with Crippen LogP contribution in [0.25, 0.3) is 16.2 Å². The summed E-state index contributed by atoms with van der Waals surface area (Å²) in [6.45, 7) is 14.1. The van der Waals surface area contributed by atoms with Gasteiger partial charge in [-0.15, -0.1) is 23.1 Å². The maximum absolute atomic E-state index is 4.95. The molecule has 2 aromatic carbocycles. The van der Waals surface area contributed by atoms with Crippen molar-refractivity contribution < 1.29 is 0 Å². The molecule has 0 bridgehead atoms. The first-order valence-electron chi connectivity index (χ1n) is 12.8. The number of aliphatic imine (C=N–C) groups is 2. The Morgan fingerprint density at radius 1 is 1.06 bits per heavy atom. The van der Waals surface area contributed by atoms with Crippen LogP contribution in [0.5, 0.6) is 0 Å². The van der Waals surface area contributed by atoms with Crippen molar-refractivity contribution in [1.29, 1.82) is 0 Å². The molecule has 3 atom stereocenters. The van der Waals surface area contributed by atoms with Gasteiger partial charge in [0, 0.05) is 19.9 Å².